The van der Waals surface area contributed by atoms with Gasteiger partial charge in [-0.15, -0.1) is 0 Å². The fourth-order valence-electron chi connectivity index (χ4n) is 1.55. The summed E-state index contributed by atoms with van der Waals surface area (Å²) in [6.45, 7) is 2.06. The lowest BCUT2D eigenvalue weighted by Crippen LogP contribution is -2.05. The molecule has 82 valence electrons. The van der Waals surface area contributed by atoms with Crippen molar-refractivity contribution in [2.45, 2.75) is 29.2 Å². The largest absolute Gasteiger partial charge is 0.294 e. The van der Waals surface area contributed by atoms with Crippen molar-refractivity contribution in [3.05, 3.63) is 23.8 Å². The van der Waals surface area contributed by atoms with E-state index in [2.05, 4.69) is 11.6 Å². The van der Waals surface area contributed by atoms with Crippen LogP contribution in [-0.2, 0) is 10.1 Å². The second kappa shape index (κ2) is 3.79. The Kier molecular flexibility index (Phi) is 2.76. The summed E-state index contributed by atoms with van der Waals surface area (Å²) < 4.78 is 33.9. The maximum atomic E-state index is 10.9. The molecule has 0 amide bonds. The minimum Gasteiger partial charge on any atom is -0.282 e. The van der Waals surface area contributed by atoms with E-state index < -0.39 is 10.1 Å². The summed E-state index contributed by atoms with van der Waals surface area (Å²) in [6.07, 6.45) is 0.950. The van der Waals surface area contributed by atoms with Crippen molar-refractivity contribution in [2.75, 3.05) is 0 Å². The van der Waals surface area contributed by atoms with E-state index in [1.165, 1.54) is 24.1 Å². The van der Waals surface area contributed by atoms with Gasteiger partial charge in [0.05, 0.1) is 4.90 Å². The van der Waals surface area contributed by atoms with Gasteiger partial charge in [0.1, 0.15) is 0 Å². The average molecular weight is 245 g/mol. The molecule has 1 aliphatic heterocycles. The third-order valence-corrected chi connectivity index (χ3v) is 4.20. The summed E-state index contributed by atoms with van der Waals surface area (Å²) in [5.41, 5.74) is 1.09. The van der Waals surface area contributed by atoms with Crippen LogP contribution in [0.25, 0.3) is 0 Å². The first kappa shape index (κ1) is 10.9. The molecule has 0 bridgehead atoms. The summed E-state index contributed by atoms with van der Waals surface area (Å²) in [5.74, 6) is 0. The Morgan fingerprint density at radius 2 is 2.27 bits per heavy atom. The molecule has 1 unspecified atom stereocenters. The van der Waals surface area contributed by atoms with Crippen molar-refractivity contribution in [1.82, 2.24) is 4.72 Å². The van der Waals surface area contributed by atoms with Crippen LogP contribution in [0.4, 0.5) is 0 Å². The molecule has 1 aromatic rings. The first-order chi connectivity index (χ1) is 7.02. The molecule has 0 saturated carbocycles. The third kappa shape index (κ3) is 2.03. The van der Waals surface area contributed by atoms with Gasteiger partial charge in [0, 0.05) is 10.9 Å². The number of hydrogen-bond acceptors (Lipinski definition) is 4. The maximum Gasteiger partial charge on any atom is 0.294 e. The molecule has 0 saturated heterocycles. The lowest BCUT2D eigenvalue weighted by molar-refractivity contribution is 0.483. The Labute approximate surface area is 93.0 Å². The Balaban J connectivity index is 2.46. The standard InChI is InChI=1S/C9H11NO3S2/c1-2-8-7-4-3-6(15(11,12)13)5-9(7)14-10-8/h3-5,8,10H,2H2,1H3,(H,11,12,13). The number of hydrogen-bond donors (Lipinski definition) is 2. The topological polar surface area (TPSA) is 66.4 Å². The van der Waals surface area contributed by atoms with Crippen LogP contribution in [0, 0.1) is 0 Å². The van der Waals surface area contributed by atoms with Crippen molar-refractivity contribution in [1.29, 1.82) is 0 Å². The highest BCUT2D eigenvalue weighted by molar-refractivity contribution is 7.97. The lowest BCUT2D eigenvalue weighted by atomic mass is 10.1. The van der Waals surface area contributed by atoms with Gasteiger partial charge in [-0.25, -0.2) is 0 Å². The SMILES string of the molecule is CCC1NSc2cc(S(=O)(=O)O)ccc21. The van der Waals surface area contributed by atoms with Gasteiger partial charge in [0.2, 0.25) is 0 Å². The molecule has 1 atom stereocenters. The van der Waals surface area contributed by atoms with Crippen LogP contribution in [0.15, 0.2) is 28.0 Å². The zero-order valence-electron chi connectivity index (χ0n) is 8.10. The predicted octanol–water partition coefficient (Wildman–Crippen LogP) is 1.99. The summed E-state index contributed by atoms with van der Waals surface area (Å²) >= 11 is 1.41. The minimum absolute atomic E-state index is 0.0488. The van der Waals surface area contributed by atoms with Gasteiger partial charge in [-0.05, 0) is 36.1 Å². The molecule has 0 spiro atoms. The monoisotopic (exact) mass is 245 g/mol. The van der Waals surface area contributed by atoms with Crippen molar-refractivity contribution in [3.63, 3.8) is 0 Å². The van der Waals surface area contributed by atoms with Gasteiger partial charge in [-0.1, -0.05) is 13.0 Å². The summed E-state index contributed by atoms with van der Waals surface area (Å²) in [4.78, 5) is 0.823. The van der Waals surface area contributed by atoms with Crippen LogP contribution >= 0.6 is 11.9 Å². The normalized spacial score (nSPS) is 20.3. The van der Waals surface area contributed by atoms with Gasteiger partial charge in [-0.3, -0.25) is 9.27 Å². The fourth-order valence-corrected chi connectivity index (χ4v) is 3.21. The smallest absolute Gasteiger partial charge is 0.282 e. The first-order valence-corrected chi connectivity index (χ1v) is 6.82. The lowest BCUT2D eigenvalue weighted by Gasteiger charge is -2.06. The van der Waals surface area contributed by atoms with E-state index in [0.717, 1.165) is 16.9 Å². The molecule has 1 aromatic carbocycles. The molecule has 1 heterocycles. The van der Waals surface area contributed by atoms with E-state index in [4.69, 9.17) is 4.55 Å². The van der Waals surface area contributed by atoms with E-state index in [-0.39, 0.29) is 10.9 Å². The molecule has 0 aromatic heterocycles. The molecule has 6 heteroatoms. The van der Waals surface area contributed by atoms with Crippen LogP contribution in [0.2, 0.25) is 0 Å². The van der Waals surface area contributed by atoms with Gasteiger partial charge in [0.25, 0.3) is 10.1 Å². The number of rotatable bonds is 2. The van der Waals surface area contributed by atoms with Crippen molar-refractivity contribution in [2.24, 2.45) is 0 Å². The van der Waals surface area contributed by atoms with E-state index >= 15 is 0 Å². The molecular formula is C9H11NO3S2. The van der Waals surface area contributed by atoms with Crippen LogP contribution in [-0.4, -0.2) is 13.0 Å². The maximum absolute atomic E-state index is 10.9. The number of benzene rings is 1. The molecule has 0 aliphatic carbocycles. The molecule has 15 heavy (non-hydrogen) atoms. The summed E-state index contributed by atoms with van der Waals surface area (Å²) in [6, 6.07) is 4.95. The first-order valence-electron chi connectivity index (χ1n) is 4.56. The quantitative estimate of drug-likeness (QED) is 0.616. The molecule has 4 nitrogen and oxygen atoms in total. The zero-order chi connectivity index (χ0) is 11.1. The highest BCUT2D eigenvalue weighted by atomic mass is 32.2. The van der Waals surface area contributed by atoms with E-state index in [1.54, 1.807) is 6.07 Å². The summed E-state index contributed by atoms with van der Waals surface area (Å²) in [7, 11) is -4.09. The van der Waals surface area contributed by atoms with Crippen LogP contribution in [0.1, 0.15) is 24.9 Å². The van der Waals surface area contributed by atoms with E-state index in [1.807, 2.05) is 0 Å². The average Bonchev–Trinajstić information content (AvgIpc) is 2.58. The van der Waals surface area contributed by atoms with Gasteiger partial charge in [0.15, 0.2) is 0 Å². The Morgan fingerprint density at radius 3 is 2.87 bits per heavy atom. The van der Waals surface area contributed by atoms with Crippen molar-refractivity contribution >= 4 is 22.1 Å². The van der Waals surface area contributed by atoms with E-state index in [9.17, 15) is 8.42 Å². The molecule has 1 aliphatic rings. The fraction of sp³-hybridized carbons (Fsp3) is 0.333. The van der Waals surface area contributed by atoms with Crippen molar-refractivity contribution in [3.8, 4) is 0 Å². The van der Waals surface area contributed by atoms with Crippen LogP contribution in [0.3, 0.4) is 0 Å². The van der Waals surface area contributed by atoms with Crippen molar-refractivity contribution < 1.29 is 13.0 Å². The molecule has 0 radical (unpaired) electrons. The molecule has 2 N–H and O–H groups in total. The number of nitrogens with one attached hydrogen (secondary N) is 1. The highest BCUT2D eigenvalue weighted by Gasteiger charge is 2.23. The molecule has 2 rings (SSSR count). The van der Waals surface area contributed by atoms with E-state index in [0.29, 0.717) is 0 Å². The van der Waals surface area contributed by atoms with Crippen LogP contribution in [0.5, 0.6) is 0 Å². The second-order valence-corrected chi connectivity index (χ2v) is 5.66. The van der Waals surface area contributed by atoms with Gasteiger partial charge < -0.3 is 0 Å². The predicted molar refractivity (Wildman–Crippen MR) is 58.3 cm³/mol. The Hall–Kier alpha value is -0.560. The summed E-state index contributed by atoms with van der Waals surface area (Å²) in [5, 5.41) is 0. The molecular weight excluding hydrogens is 234 g/mol. The zero-order valence-corrected chi connectivity index (χ0v) is 9.73. The highest BCUT2D eigenvalue weighted by Crippen LogP contribution is 2.37. The minimum atomic E-state index is -4.09. The van der Waals surface area contributed by atoms with Gasteiger partial charge >= 0.3 is 0 Å². The number of fused-ring (bicyclic) bond motifs is 1. The van der Waals surface area contributed by atoms with Crippen LogP contribution < -0.4 is 4.72 Å². The van der Waals surface area contributed by atoms with Gasteiger partial charge in [-0.2, -0.15) is 8.42 Å². The Morgan fingerprint density at radius 1 is 1.53 bits per heavy atom. The molecule has 0 fully saturated rings. The third-order valence-electron chi connectivity index (χ3n) is 2.38. The second-order valence-electron chi connectivity index (χ2n) is 3.36. The Bertz CT molecular complexity index is 484.